The summed E-state index contributed by atoms with van der Waals surface area (Å²) in [4.78, 5) is 24.3. The van der Waals surface area contributed by atoms with Crippen LogP contribution in [0.5, 0.6) is 11.5 Å². The van der Waals surface area contributed by atoms with Gasteiger partial charge in [-0.1, -0.05) is 48.0 Å². The fourth-order valence-electron chi connectivity index (χ4n) is 2.50. The Hall–Kier alpha value is -3.31. The van der Waals surface area contributed by atoms with Crippen LogP contribution >= 0.6 is 11.6 Å². The van der Waals surface area contributed by atoms with Crippen LogP contribution in [0, 0.1) is 0 Å². The average Bonchev–Trinajstić information content (AvgIpc) is 2.71. The van der Waals surface area contributed by atoms with Crippen molar-refractivity contribution in [2.75, 3.05) is 11.9 Å². The van der Waals surface area contributed by atoms with Gasteiger partial charge in [-0.15, -0.1) is 0 Å². The van der Waals surface area contributed by atoms with E-state index in [9.17, 15) is 9.59 Å². The third kappa shape index (κ3) is 5.59. The van der Waals surface area contributed by atoms with Gasteiger partial charge >= 0.3 is 0 Å². The average molecular weight is 395 g/mol. The summed E-state index contributed by atoms with van der Waals surface area (Å²) in [6.45, 7) is 0.217. The summed E-state index contributed by atoms with van der Waals surface area (Å²) < 4.78 is 5.82. The second kappa shape index (κ2) is 9.58. The summed E-state index contributed by atoms with van der Waals surface area (Å²) >= 11 is 6.05. The van der Waals surface area contributed by atoms with E-state index in [0.29, 0.717) is 27.8 Å². The molecule has 2 N–H and O–H groups in total. The highest BCUT2D eigenvalue weighted by Crippen LogP contribution is 2.32. The minimum atomic E-state index is -0.256. The topological polar surface area (TPSA) is 67.4 Å². The fourth-order valence-corrected chi connectivity index (χ4v) is 2.67. The third-order valence-corrected chi connectivity index (χ3v) is 4.10. The maximum atomic E-state index is 12.3. The molecule has 2 amide bonds. The number of hydrogen-bond donors (Lipinski definition) is 2. The lowest BCUT2D eigenvalue weighted by Crippen LogP contribution is -2.27. The minimum absolute atomic E-state index is 0.121. The second-order valence-electron chi connectivity index (χ2n) is 5.98. The molecule has 0 aliphatic carbocycles. The number of nitrogens with one attached hydrogen (secondary N) is 2. The van der Waals surface area contributed by atoms with Gasteiger partial charge in [0, 0.05) is 23.6 Å². The van der Waals surface area contributed by atoms with Crippen LogP contribution in [0.2, 0.25) is 5.02 Å². The molecule has 0 saturated carbocycles. The SMILES string of the molecule is O=C(CCNC(=O)c1ccccc1)Nc1cc(Cl)ccc1Oc1ccccc1. The van der Waals surface area contributed by atoms with Crippen LogP contribution in [0.25, 0.3) is 0 Å². The smallest absolute Gasteiger partial charge is 0.251 e. The molecule has 0 radical (unpaired) electrons. The molecule has 6 heteroatoms. The van der Waals surface area contributed by atoms with E-state index in [1.54, 1.807) is 42.5 Å². The lowest BCUT2D eigenvalue weighted by Gasteiger charge is -2.13. The number of halogens is 1. The van der Waals surface area contributed by atoms with Crippen molar-refractivity contribution < 1.29 is 14.3 Å². The Balaban J connectivity index is 1.57. The second-order valence-corrected chi connectivity index (χ2v) is 6.41. The van der Waals surface area contributed by atoms with Crippen molar-refractivity contribution >= 4 is 29.1 Å². The van der Waals surface area contributed by atoms with Crippen LogP contribution < -0.4 is 15.4 Å². The molecule has 0 fully saturated rings. The molecule has 142 valence electrons. The number of carbonyl (C=O) groups excluding carboxylic acids is 2. The van der Waals surface area contributed by atoms with Crippen molar-refractivity contribution in [1.29, 1.82) is 0 Å². The van der Waals surface area contributed by atoms with Gasteiger partial charge in [0.25, 0.3) is 5.91 Å². The Morgan fingerprint density at radius 1 is 0.893 bits per heavy atom. The van der Waals surface area contributed by atoms with Crippen LogP contribution in [0.4, 0.5) is 5.69 Å². The van der Waals surface area contributed by atoms with Crippen molar-refractivity contribution in [3.05, 3.63) is 89.4 Å². The Bertz CT molecular complexity index is 947. The number of hydrogen-bond acceptors (Lipinski definition) is 3. The van der Waals surface area contributed by atoms with Gasteiger partial charge in [-0.3, -0.25) is 9.59 Å². The fraction of sp³-hybridized carbons (Fsp3) is 0.0909. The molecular weight excluding hydrogens is 376 g/mol. The molecule has 3 aromatic carbocycles. The molecule has 0 aromatic heterocycles. The molecule has 3 aromatic rings. The summed E-state index contributed by atoms with van der Waals surface area (Å²) in [5, 5.41) is 5.99. The quantitative estimate of drug-likeness (QED) is 0.599. The van der Waals surface area contributed by atoms with E-state index in [1.165, 1.54) is 0 Å². The third-order valence-electron chi connectivity index (χ3n) is 3.86. The summed E-state index contributed by atoms with van der Waals surface area (Å²) in [6.07, 6.45) is 0.121. The molecule has 5 nitrogen and oxygen atoms in total. The highest BCUT2D eigenvalue weighted by Gasteiger charge is 2.11. The van der Waals surface area contributed by atoms with E-state index in [2.05, 4.69) is 10.6 Å². The van der Waals surface area contributed by atoms with Gasteiger partial charge in [0.2, 0.25) is 5.91 Å². The van der Waals surface area contributed by atoms with E-state index in [1.807, 2.05) is 36.4 Å². The van der Waals surface area contributed by atoms with Gasteiger partial charge in [0.1, 0.15) is 5.75 Å². The van der Waals surface area contributed by atoms with E-state index < -0.39 is 0 Å². The van der Waals surface area contributed by atoms with Crippen molar-refractivity contribution in [3.63, 3.8) is 0 Å². The molecule has 0 aliphatic rings. The van der Waals surface area contributed by atoms with Crippen molar-refractivity contribution in [1.82, 2.24) is 5.32 Å². The van der Waals surface area contributed by atoms with Crippen LogP contribution in [0.1, 0.15) is 16.8 Å². The van der Waals surface area contributed by atoms with Crippen LogP contribution in [0.3, 0.4) is 0 Å². The van der Waals surface area contributed by atoms with Gasteiger partial charge in [-0.05, 0) is 42.5 Å². The van der Waals surface area contributed by atoms with Crippen molar-refractivity contribution in [2.24, 2.45) is 0 Å². The number of para-hydroxylation sites is 1. The molecule has 0 atom stereocenters. The largest absolute Gasteiger partial charge is 0.455 e. The number of benzene rings is 3. The van der Waals surface area contributed by atoms with Crippen LogP contribution in [-0.2, 0) is 4.79 Å². The lowest BCUT2D eigenvalue weighted by atomic mass is 10.2. The first-order chi connectivity index (χ1) is 13.6. The number of ether oxygens (including phenoxy) is 1. The molecule has 0 aliphatic heterocycles. The minimum Gasteiger partial charge on any atom is -0.455 e. The van der Waals surface area contributed by atoms with Crippen LogP contribution in [0.15, 0.2) is 78.9 Å². The summed E-state index contributed by atoms with van der Waals surface area (Å²) in [5.41, 5.74) is 1.02. The Labute approximate surface area is 168 Å². The number of carbonyl (C=O) groups is 2. The number of amides is 2. The monoisotopic (exact) mass is 394 g/mol. The number of anilines is 1. The Kier molecular flexibility index (Phi) is 6.65. The zero-order valence-electron chi connectivity index (χ0n) is 15.0. The van der Waals surface area contributed by atoms with E-state index in [4.69, 9.17) is 16.3 Å². The summed E-state index contributed by atoms with van der Waals surface area (Å²) in [5.74, 6) is 0.658. The van der Waals surface area contributed by atoms with Crippen molar-refractivity contribution in [2.45, 2.75) is 6.42 Å². The van der Waals surface area contributed by atoms with Crippen LogP contribution in [-0.4, -0.2) is 18.4 Å². The highest BCUT2D eigenvalue weighted by atomic mass is 35.5. The normalized spacial score (nSPS) is 10.2. The molecule has 28 heavy (non-hydrogen) atoms. The predicted octanol–water partition coefficient (Wildman–Crippen LogP) is 4.89. The molecule has 0 unspecified atom stereocenters. The van der Waals surface area contributed by atoms with Gasteiger partial charge in [-0.2, -0.15) is 0 Å². The molecule has 0 spiro atoms. The maximum absolute atomic E-state index is 12.3. The van der Waals surface area contributed by atoms with Crippen molar-refractivity contribution in [3.8, 4) is 11.5 Å². The number of rotatable bonds is 7. The Morgan fingerprint density at radius 2 is 1.57 bits per heavy atom. The van der Waals surface area contributed by atoms with Gasteiger partial charge in [0.05, 0.1) is 5.69 Å². The predicted molar refractivity (Wildman–Crippen MR) is 110 cm³/mol. The first-order valence-corrected chi connectivity index (χ1v) is 9.15. The first kappa shape index (κ1) is 19.5. The zero-order valence-corrected chi connectivity index (χ0v) is 15.8. The molecular formula is C22H19ClN2O3. The van der Waals surface area contributed by atoms with Gasteiger partial charge in [-0.25, -0.2) is 0 Å². The van der Waals surface area contributed by atoms with E-state index >= 15 is 0 Å². The standard InChI is InChI=1S/C22H19ClN2O3/c23-17-11-12-20(28-18-9-5-2-6-10-18)19(15-17)25-21(26)13-14-24-22(27)16-7-3-1-4-8-16/h1-12,15H,13-14H2,(H,24,27)(H,25,26). The van der Waals surface area contributed by atoms with Gasteiger partial charge < -0.3 is 15.4 Å². The first-order valence-electron chi connectivity index (χ1n) is 8.77. The zero-order chi connectivity index (χ0) is 19.8. The molecule has 3 rings (SSSR count). The Morgan fingerprint density at radius 3 is 2.29 bits per heavy atom. The van der Waals surface area contributed by atoms with E-state index in [0.717, 1.165) is 0 Å². The van der Waals surface area contributed by atoms with Gasteiger partial charge in [0.15, 0.2) is 5.75 Å². The highest BCUT2D eigenvalue weighted by molar-refractivity contribution is 6.31. The van der Waals surface area contributed by atoms with E-state index in [-0.39, 0.29) is 24.8 Å². The molecule has 0 heterocycles. The summed E-state index contributed by atoms with van der Waals surface area (Å²) in [6, 6.07) is 23.1. The summed E-state index contributed by atoms with van der Waals surface area (Å²) in [7, 11) is 0. The molecule has 0 bridgehead atoms. The molecule has 0 saturated heterocycles. The lowest BCUT2D eigenvalue weighted by molar-refractivity contribution is -0.116. The maximum Gasteiger partial charge on any atom is 0.251 e.